The summed E-state index contributed by atoms with van der Waals surface area (Å²) < 4.78 is 1.86. The lowest BCUT2D eigenvalue weighted by atomic mass is 10.00. The third-order valence-electron chi connectivity index (χ3n) is 4.59. The highest BCUT2D eigenvalue weighted by Gasteiger charge is 2.23. The molecule has 2 heterocycles. The lowest BCUT2D eigenvalue weighted by molar-refractivity contribution is 0.228. The predicted molar refractivity (Wildman–Crippen MR) is 99.2 cm³/mol. The first-order valence-electron chi connectivity index (χ1n) is 8.83. The molecule has 2 aromatic rings. The topological polar surface area (TPSA) is 71.8 Å². The van der Waals surface area contributed by atoms with Gasteiger partial charge in [-0.05, 0) is 38.3 Å². The first-order valence-corrected chi connectivity index (χ1v) is 8.83. The fourth-order valence-corrected chi connectivity index (χ4v) is 3.16. The molecule has 0 aromatic carbocycles. The monoisotopic (exact) mass is 343 g/mol. The molecule has 0 bridgehead atoms. The highest BCUT2D eigenvalue weighted by Crippen LogP contribution is 2.24. The van der Waals surface area contributed by atoms with Gasteiger partial charge < -0.3 is 10.6 Å². The zero-order valence-corrected chi connectivity index (χ0v) is 16.0. The molecule has 2 atom stereocenters. The van der Waals surface area contributed by atoms with Gasteiger partial charge >= 0.3 is 6.03 Å². The second-order valence-corrected chi connectivity index (χ2v) is 6.76. The highest BCUT2D eigenvalue weighted by atomic mass is 16.2. The van der Waals surface area contributed by atoms with Crippen molar-refractivity contribution in [3.8, 4) is 0 Å². The third kappa shape index (κ3) is 4.38. The first kappa shape index (κ1) is 19.0. The molecule has 0 saturated heterocycles. The van der Waals surface area contributed by atoms with Crippen molar-refractivity contribution in [2.75, 3.05) is 0 Å². The molecule has 6 heteroatoms. The van der Waals surface area contributed by atoms with Gasteiger partial charge in [0, 0.05) is 24.5 Å². The molecule has 0 radical (unpaired) electrons. The Bertz CT molecular complexity index is 708. The van der Waals surface area contributed by atoms with Crippen molar-refractivity contribution in [2.45, 2.75) is 53.1 Å². The van der Waals surface area contributed by atoms with E-state index in [0.717, 1.165) is 29.1 Å². The summed E-state index contributed by atoms with van der Waals surface area (Å²) in [4.78, 5) is 17.0. The minimum Gasteiger partial charge on any atom is -0.331 e. The molecule has 0 aliphatic carbocycles. The van der Waals surface area contributed by atoms with Crippen molar-refractivity contribution < 1.29 is 4.79 Å². The molecule has 0 aliphatic rings. The average Bonchev–Trinajstić information content (AvgIpc) is 2.83. The number of hydrogen-bond donors (Lipinski definition) is 2. The Labute approximate surface area is 150 Å². The van der Waals surface area contributed by atoms with Crippen molar-refractivity contribution in [3.63, 3.8) is 0 Å². The van der Waals surface area contributed by atoms with Gasteiger partial charge in [0.25, 0.3) is 0 Å². The van der Waals surface area contributed by atoms with Crippen LogP contribution in [0.1, 0.15) is 61.9 Å². The molecule has 6 nitrogen and oxygen atoms in total. The summed E-state index contributed by atoms with van der Waals surface area (Å²) in [7, 11) is 1.93. The molecule has 2 amide bonds. The van der Waals surface area contributed by atoms with E-state index in [1.807, 2.05) is 43.8 Å². The predicted octanol–water partition coefficient (Wildman–Crippen LogP) is 3.58. The lowest BCUT2D eigenvalue weighted by Crippen LogP contribution is -2.41. The minimum absolute atomic E-state index is 0.0646. The maximum absolute atomic E-state index is 12.6. The number of aromatic nitrogens is 3. The van der Waals surface area contributed by atoms with E-state index in [4.69, 9.17) is 0 Å². The van der Waals surface area contributed by atoms with Crippen LogP contribution >= 0.6 is 0 Å². The SMILES string of the molecule is CC[C@H](NC(=O)N[C@@H](c1ccccn1)C(C)C)c1c(C)nn(C)c1C. The maximum Gasteiger partial charge on any atom is 0.315 e. The van der Waals surface area contributed by atoms with E-state index in [-0.39, 0.29) is 24.0 Å². The fourth-order valence-electron chi connectivity index (χ4n) is 3.16. The number of nitrogens with one attached hydrogen (secondary N) is 2. The number of amides is 2. The Hall–Kier alpha value is -2.37. The standard InChI is InChI=1S/C19H29N5O/c1-7-15(17-13(4)23-24(6)14(17)5)21-19(25)22-18(12(2)3)16-10-8-9-11-20-16/h8-12,15,18H,7H2,1-6H3,(H2,21,22,25)/t15-,18+/m0/s1. The molecule has 0 saturated carbocycles. The van der Waals surface area contributed by atoms with Crippen LogP contribution in [-0.4, -0.2) is 20.8 Å². The molecular formula is C19H29N5O. The van der Waals surface area contributed by atoms with E-state index >= 15 is 0 Å². The van der Waals surface area contributed by atoms with Crippen molar-refractivity contribution >= 4 is 6.03 Å². The Balaban J connectivity index is 2.14. The maximum atomic E-state index is 12.6. The molecular weight excluding hydrogens is 314 g/mol. The summed E-state index contributed by atoms with van der Waals surface area (Å²) in [5.74, 6) is 0.239. The van der Waals surface area contributed by atoms with Gasteiger partial charge in [0.15, 0.2) is 0 Å². The van der Waals surface area contributed by atoms with Crippen molar-refractivity contribution in [2.24, 2.45) is 13.0 Å². The van der Waals surface area contributed by atoms with Crippen LogP contribution in [0.2, 0.25) is 0 Å². The number of urea groups is 1. The number of pyridine rings is 1. The van der Waals surface area contributed by atoms with Crippen LogP contribution in [0.25, 0.3) is 0 Å². The number of carbonyl (C=O) groups is 1. The van der Waals surface area contributed by atoms with Crippen LogP contribution in [0.15, 0.2) is 24.4 Å². The smallest absolute Gasteiger partial charge is 0.315 e. The van der Waals surface area contributed by atoms with Crippen LogP contribution in [0.3, 0.4) is 0 Å². The number of nitrogens with zero attached hydrogens (tertiary/aromatic N) is 3. The third-order valence-corrected chi connectivity index (χ3v) is 4.59. The Morgan fingerprint density at radius 1 is 1.24 bits per heavy atom. The van der Waals surface area contributed by atoms with Crippen LogP contribution in [0.5, 0.6) is 0 Å². The Kier molecular flexibility index (Phi) is 6.17. The van der Waals surface area contributed by atoms with E-state index in [2.05, 4.69) is 41.5 Å². The lowest BCUT2D eigenvalue weighted by Gasteiger charge is -2.24. The number of aryl methyl sites for hydroxylation is 2. The van der Waals surface area contributed by atoms with E-state index in [0.29, 0.717) is 0 Å². The molecule has 2 rings (SSSR count). The number of carbonyl (C=O) groups excluding carboxylic acids is 1. The summed E-state index contributed by atoms with van der Waals surface area (Å²) >= 11 is 0. The van der Waals surface area contributed by atoms with Gasteiger partial charge in [0.2, 0.25) is 0 Å². The highest BCUT2D eigenvalue weighted by molar-refractivity contribution is 5.75. The van der Waals surface area contributed by atoms with Gasteiger partial charge in [0.05, 0.1) is 23.5 Å². The fraction of sp³-hybridized carbons (Fsp3) is 0.526. The van der Waals surface area contributed by atoms with E-state index in [1.165, 1.54) is 0 Å². The summed E-state index contributed by atoms with van der Waals surface area (Å²) in [5.41, 5.74) is 4.00. The second kappa shape index (κ2) is 8.14. The number of hydrogen-bond acceptors (Lipinski definition) is 3. The normalized spacial score (nSPS) is 13.6. The Morgan fingerprint density at radius 2 is 1.96 bits per heavy atom. The van der Waals surface area contributed by atoms with Crippen LogP contribution in [0.4, 0.5) is 4.79 Å². The minimum atomic E-state index is -0.182. The summed E-state index contributed by atoms with van der Waals surface area (Å²) in [5, 5.41) is 10.6. The quantitative estimate of drug-likeness (QED) is 0.842. The van der Waals surface area contributed by atoms with Crippen LogP contribution < -0.4 is 10.6 Å². The van der Waals surface area contributed by atoms with Crippen molar-refractivity contribution in [3.05, 3.63) is 47.0 Å². The molecule has 0 aliphatic heterocycles. The zero-order chi connectivity index (χ0) is 18.6. The molecule has 136 valence electrons. The van der Waals surface area contributed by atoms with Gasteiger partial charge in [-0.1, -0.05) is 26.8 Å². The molecule has 2 aromatic heterocycles. The van der Waals surface area contributed by atoms with Crippen LogP contribution in [-0.2, 0) is 7.05 Å². The van der Waals surface area contributed by atoms with Crippen LogP contribution in [0, 0.1) is 19.8 Å². The van der Waals surface area contributed by atoms with E-state index < -0.39 is 0 Å². The first-order chi connectivity index (χ1) is 11.8. The average molecular weight is 343 g/mol. The molecule has 25 heavy (non-hydrogen) atoms. The van der Waals surface area contributed by atoms with Crippen molar-refractivity contribution in [1.82, 2.24) is 25.4 Å². The largest absolute Gasteiger partial charge is 0.331 e. The van der Waals surface area contributed by atoms with Gasteiger partial charge in [0.1, 0.15) is 0 Å². The molecule has 2 N–H and O–H groups in total. The van der Waals surface area contributed by atoms with Gasteiger partial charge in [-0.25, -0.2) is 4.79 Å². The Morgan fingerprint density at radius 3 is 2.44 bits per heavy atom. The molecule has 0 spiro atoms. The van der Waals surface area contributed by atoms with Gasteiger partial charge in [-0.3, -0.25) is 9.67 Å². The zero-order valence-electron chi connectivity index (χ0n) is 16.0. The van der Waals surface area contributed by atoms with E-state index in [1.54, 1.807) is 6.20 Å². The van der Waals surface area contributed by atoms with Gasteiger partial charge in [-0.15, -0.1) is 0 Å². The van der Waals surface area contributed by atoms with Gasteiger partial charge in [-0.2, -0.15) is 5.10 Å². The summed E-state index contributed by atoms with van der Waals surface area (Å²) in [6.07, 6.45) is 2.55. The van der Waals surface area contributed by atoms with Crippen molar-refractivity contribution in [1.29, 1.82) is 0 Å². The second-order valence-electron chi connectivity index (χ2n) is 6.76. The summed E-state index contributed by atoms with van der Waals surface area (Å²) in [6, 6.07) is 5.38. The molecule has 0 unspecified atom stereocenters. The summed E-state index contributed by atoms with van der Waals surface area (Å²) in [6.45, 7) is 10.2. The van der Waals surface area contributed by atoms with E-state index in [9.17, 15) is 4.79 Å². The molecule has 0 fully saturated rings. The number of rotatable bonds is 6.